The molecule has 0 spiro atoms. The van der Waals surface area contributed by atoms with Crippen LogP contribution in [0.4, 0.5) is 0 Å². The van der Waals surface area contributed by atoms with E-state index in [2.05, 4.69) is 16.5 Å². The number of hydrogen-bond acceptors (Lipinski definition) is 3. The number of aromatic carboxylic acids is 1. The minimum absolute atomic E-state index is 0.134. The molecule has 1 aliphatic carbocycles. The Bertz CT molecular complexity index is 677. The van der Waals surface area contributed by atoms with Crippen LogP contribution in [-0.2, 0) is 11.2 Å². The lowest BCUT2D eigenvalue weighted by atomic mass is 10.1. The molecule has 1 heterocycles. The van der Waals surface area contributed by atoms with Crippen molar-refractivity contribution in [1.29, 1.82) is 0 Å². The third kappa shape index (κ3) is 2.21. The van der Waals surface area contributed by atoms with Gasteiger partial charge in [-0.25, -0.2) is 9.78 Å². The molecule has 2 atom stereocenters. The molecule has 21 heavy (non-hydrogen) atoms. The van der Waals surface area contributed by atoms with E-state index in [1.54, 1.807) is 19.2 Å². The summed E-state index contributed by atoms with van der Waals surface area (Å²) in [7, 11) is 1.73. The number of para-hydroxylation sites is 1. The molecule has 112 valence electrons. The largest absolute Gasteiger partial charge is 0.478 e. The van der Waals surface area contributed by atoms with Crippen LogP contribution in [-0.4, -0.2) is 33.8 Å². The lowest BCUT2D eigenvalue weighted by Crippen LogP contribution is -2.22. The minimum Gasteiger partial charge on any atom is -0.478 e. The van der Waals surface area contributed by atoms with Crippen LogP contribution >= 0.6 is 0 Å². The van der Waals surface area contributed by atoms with Crippen LogP contribution in [0.3, 0.4) is 0 Å². The van der Waals surface area contributed by atoms with E-state index in [4.69, 9.17) is 4.74 Å². The Labute approximate surface area is 123 Å². The predicted molar refractivity (Wildman–Crippen MR) is 79.8 cm³/mol. The van der Waals surface area contributed by atoms with Crippen molar-refractivity contribution in [1.82, 2.24) is 9.55 Å². The molecule has 5 heteroatoms. The summed E-state index contributed by atoms with van der Waals surface area (Å²) in [6, 6.07) is 5.47. The van der Waals surface area contributed by atoms with Gasteiger partial charge in [-0.3, -0.25) is 0 Å². The lowest BCUT2D eigenvalue weighted by molar-refractivity contribution is 0.0692. The van der Waals surface area contributed by atoms with Gasteiger partial charge in [-0.15, -0.1) is 0 Å². The number of aryl methyl sites for hydroxylation is 1. The Morgan fingerprint density at radius 1 is 1.48 bits per heavy atom. The summed E-state index contributed by atoms with van der Waals surface area (Å²) in [5.74, 6) is 0.0315. The molecule has 2 unspecified atom stereocenters. The summed E-state index contributed by atoms with van der Waals surface area (Å²) < 4.78 is 7.71. The predicted octanol–water partition coefficient (Wildman–Crippen LogP) is 3.04. The van der Waals surface area contributed by atoms with Crippen molar-refractivity contribution in [3.8, 4) is 0 Å². The maximum Gasteiger partial charge on any atom is 0.337 e. The first-order chi connectivity index (χ1) is 10.2. The van der Waals surface area contributed by atoms with Crippen LogP contribution in [0.25, 0.3) is 11.0 Å². The number of hydrogen-bond donors (Lipinski definition) is 1. The highest BCUT2D eigenvalue weighted by atomic mass is 16.5. The first-order valence-electron chi connectivity index (χ1n) is 7.43. The highest BCUT2D eigenvalue weighted by Gasteiger charge is 2.32. The summed E-state index contributed by atoms with van der Waals surface area (Å²) in [5, 5.41) is 9.48. The van der Waals surface area contributed by atoms with Gasteiger partial charge in [0.25, 0.3) is 0 Å². The van der Waals surface area contributed by atoms with E-state index in [1.165, 1.54) is 0 Å². The normalized spacial score (nSPS) is 22.0. The molecule has 0 bridgehead atoms. The first-order valence-corrected chi connectivity index (χ1v) is 7.43. The fraction of sp³-hybridized carbons (Fsp3) is 0.500. The maximum absolute atomic E-state index is 11.6. The third-order valence-corrected chi connectivity index (χ3v) is 4.38. The number of aromatic nitrogens is 2. The first kappa shape index (κ1) is 14.1. The number of nitrogens with zero attached hydrogens (tertiary/aromatic N) is 2. The quantitative estimate of drug-likeness (QED) is 0.939. The number of carbonyl (C=O) groups is 1. The molecular formula is C16H20N2O3. The summed E-state index contributed by atoms with van der Waals surface area (Å²) in [5.41, 5.74) is 1.81. The van der Waals surface area contributed by atoms with Gasteiger partial charge in [-0.1, -0.05) is 13.0 Å². The van der Waals surface area contributed by atoms with E-state index in [0.29, 0.717) is 5.56 Å². The average molecular weight is 288 g/mol. The molecule has 5 nitrogen and oxygen atoms in total. The molecule has 2 aromatic rings. The van der Waals surface area contributed by atoms with Gasteiger partial charge in [0.05, 0.1) is 28.7 Å². The van der Waals surface area contributed by atoms with Crippen molar-refractivity contribution in [3.63, 3.8) is 0 Å². The third-order valence-electron chi connectivity index (χ3n) is 4.38. The van der Waals surface area contributed by atoms with Gasteiger partial charge in [0.2, 0.25) is 0 Å². The number of carboxylic acids is 1. The molecule has 0 amide bonds. The van der Waals surface area contributed by atoms with Gasteiger partial charge in [0, 0.05) is 13.5 Å². The van der Waals surface area contributed by atoms with Crippen molar-refractivity contribution in [2.45, 2.75) is 44.8 Å². The summed E-state index contributed by atoms with van der Waals surface area (Å²) in [4.78, 5) is 16.2. The summed E-state index contributed by atoms with van der Waals surface area (Å²) in [6.07, 6.45) is 4.03. The van der Waals surface area contributed by atoms with Crippen LogP contribution in [0.1, 0.15) is 48.4 Å². The molecule has 1 aromatic heterocycles. The molecule has 0 saturated heterocycles. The number of rotatable bonds is 4. The fourth-order valence-electron chi connectivity index (χ4n) is 3.45. The Morgan fingerprint density at radius 3 is 2.95 bits per heavy atom. The Balaban J connectivity index is 2.26. The second-order valence-corrected chi connectivity index (χ2v) is 5.50. The zero-order chi connectivity index (χ0) is 15.0. The monoisotopic (exact) mass is 288 g/mol. The molecule has 1 saturated carbocycles. The van der Waals surface area contributed by atoms with Crippen molar-refractivity contribution >= 4 is 17.0 Å². The topological polar surface area (TPSA) is 64.3 Å². The van der Waals surface area contributed by atoms with Crippen LogP contribution < -0.4 is 0 Å². The smallest absolute Gasteiger partial charge is 0.337 e. The van der Waals surface area contributed by atoms with Gasteiger partial charge in [-0.2, -0.15) is 0 Å². The number of fused-ring (bicyclic) bond motifs is 1. The Hall–Kier alpha value is -1.88. The molecule has 0 aliphatic heterocycles. The van der Waals surface area contributed by atoms with Crippen molar-refractivity contribution in [3.05, 3.63) is 29.6 Å². The standard InChI is InChI=1S/C16H20N2O3/c1-3-14-17-11-7-4-6-10(16(19)20)15(11)18(14)12-8-5-9-13(12)21-2/h4,6-7,12-13H,3,5,8-9H2,1-2H3,(H,19,20). The molecular weight excluding hydrogens is 268 g/mol. The number of carboxylic acid groups (broad SMARTS) is 1. The van der Waals surface area contributed by atoms with Gasteiger partial charge >= 0.3 is 5.97 Å². The van der Waals surface area contributed by atoms with E-state index in [0.717, 1.165) is 42.5 Å². The molecule has 1 aromatic carbocycles. The highest BCUT2D eigenvalue weighted by molar-refractivity contribution is 6.01. The molecule has 1 N–H and O–H groups in total. The Morgan fingerprint density at radius 2 is 2.29 bits per heavy atom. The number of ether oxygens (including phenoxy) is 1. The average Bonchev–Trinajstić information content (AvgIpc) is 3.09. The molecule has 1 aliphatic rings. The SMILES string of the molecule is CCc1nc2cccc(C(=O)O)c2n1C1CCCC1OC. The maximum atomic E-state index is 11.6. The number of imidazole rings is 1. The number of benzene rings is 1. The summed E-state index contributed by atoms with van der Waals surface area (Å²) in [6.45, 7) is 2.05. The van der Waals surface area contributed by atoms with E-state index >= 15 is 0 Å². The van der Waals surface area contributed by atoms with Gasteiger partial charge in [0.15, 0.2) is 0 Å². The number of methoxy groups -OCH3 is 1. The van der Waals surface area contributed by atoms with Gasteiger partial charge in [-0.05, 0) is 31.4 Å². The van der Waals surface area contributed by atoms with E-state index in [1.807, 2.05) is 6.07 Å². The van der Waals surface area contributed by atoms with Gasteiger partial charge in [0.1, 0.15) is 5.82 Å². The zero-order valence-electron chi connectivity index (χ0n) is 12.4. The van der Waals surface area contributed by atoms with Crippen molar-refractivity contribution in [2.75, 3.05) is 7.11 Å². The van der Waals surface area contributed by atoms with E-state index in [9.17, 15) is 9.90 Å². The van der Waals surface area contributed by atoms with E-state index in [-0.39, 0.29) is 12.1 Å². The minimum atomic E-state index is -0.906. The molecule has 3 rings (SSSR count). The molecule has 0 radical (unpaired) electrons. The fourth-order valence-corrected chi connectivity index (χ4v) is 3.45. The van der Waals surface area contributed by atoms with Crippen LogP contribution in [0, 0.1) is 0 Å². The van der Waals surface area contributed by atoms with Crippen LogP contribution in [0.15, 0.2) is 18.2 Å². The van der Waals surface area contributed by atoms with Crippen LogP contribution in [0.5, 0.6) is 0 Å². The second kappa shape index (κ2) is 5.48. The van der Waals surface area contributed by atoms with Crippen molar-refractivity contribution < 1.29 is 14.6 Å². The highest BCUT2D eigenvalue weighted by Crippen LogP contribution is 2.36. The Kier molecular flexibility index (Phi) is 3.68. The summed E-state index contributed by atoms with van der Waals surface area (Å²) >= 11 is 0. The van der Waals surface area contributed by atoms with E-state index < -0.39 is 5.97 Å². The zero-order valence-corrected chi connectivity index (χ0v) is 12.4. The second-order valence-electron chi connectivity index (χ2n) is 5.50. The molecule has 1 fully saturated rings. The van der Waals surface area contributed by atoms with Crippen molar-refractivity contribution in [2.24, 2.45) is 0 Å². The lowest BCUT2D eigenvalue weighted by Gasteiger charge is -2.23. The van der Waals surface area contributed by atoms with Crippen LogP contribution in [0.2, 0.25) is 0 Å². The van der Waals surface area contributed by atoms with Gasteiger partial charge < -0.3 is 14.4 Å².